The van der Waals surface area contributed by atoms with E-state index in [0.29, 0.717) is 32.0 Å². The van der Waals surface area contributed by atoms with Crippen LogP contribution in [-0.2, 0) is 25.5 Å². The Morgan fingerprint density at radius 1 is 1.38 bits per heavy atom. The van der Waals surface area contributed by atoms with E-state index in [9.17, 15) is 9.59 Å². The molecule has 2 rings (SSSR count). The number of esters is 1. The average molecular weight is 385 g/mol. The van der Waals surface area contributed by atoms with E-state index in [1.165, 1.54) is 0 Å². The Morgan fingerprint density at radius 2 is 2.08 bits per heavy atom. The van der Waals surface area contributed by atoms with Crippen LogP contribution in [0.5, 0.6) is 0 Å². The van der Waals surface area contributed by atoms with E-state index in [2.05, 4.69) is 19.2 Å². The molecule has 26 heavy (non-hydrogen) atoms. The van der Waals surface area contributed by atoms with Crippen LogP contribution in [0.4, 0.5) is 0 Å². The van der Waals surface area contributed by atoms with E-state index < -0.39 is 12.1 Å². The molecule has 1 fully saturated rings. The quantitative estimate of drug-likeness (QED) is 0.634. The van der Waals surface area contributed by atoms with Crippen LogP contribution >= 0.6 is 12.4 Å². The number of cyclic esters (lactones) is 1. The molecule has 1 saturated heterocycles. The predicted octanol–water partition coefficient (Wildman–Crippen LogP) is 1.84. The van der Waals surface area contributed by atoms with Crippen molar-refractivity contribution in [2.45, 2.75) is 51.3 Å². The summed E-state index contributed by atoms with van der Waals surface area (Å²) in [7, 11) is 0. The van der Waals surface area contributed by atoms with E-state index in [4.69, 9.17) is 15.2 Å². The van der Waals surface area contributed by atoms with Crippen molar-refractivity contribution >= 4 is 24.3 Å². The topological polar surface area (TPSA) is 90.7 Å². The van der Waals surface area contributed by atoms with Crippen LogP contribution in [0.2, 0.25) is 0 Å². The van der Waals surface area contributed by atoms with Crippen molar-refractivity contribution in [3.63, 3.8) is 0 Å². The van der Waals surface area contributed by atoms with Crippen molar-refractivity contribution < 1.29 is 19.1 Å². The molecule has 7 heteroatoms. The van der Waals surface area contributed by atoms with Crippen molar-refractivity contribution in [2.24, 2.45) is 11.7 Å². The van der Waals surface area contributed by atoms with Gasteiger partial charge in [-0.05, 0) is 11.5 Å². The Balaban J connectivity index is 0.00000338. The molecule has 1 aliphatic heterocycles. The van der Waals surface area contributed by atoms with Crippen molar-refractivity contribution in [1.82, 2.24) is 5.32 Å². The Bertz CT molecular complexity index is 570. The van der Waals surface area contributed by atoms with E-state index in [-0.39, 0.29) is 30.3 Å². The molecule has 1 aromatic rings. The number of benzene rings is 1. The fourth-order valence-electron chi connectivity index (χ4n) is 2.64. The molecule has 1 aromatic carbocycles. The molecular weight excluding hydrogens is 356 g/mol. The van der Waals surface area contributed by atoms with Gasteiger partial charge in [-0.3, -0.25) is 4.79 Å². The molecule has 0 saturated carbocycles. The maximum absolute atomic E-state index is 12.6. The number of nitrogens with one attached hydrogen (secondary N) is 1. The summed E-state index contributed by atoms with van der Waals surface area (Å²) in [4.78, 5) is 24.2. The Hall–Kier alpha value is -1.63. The summed E-state index contributed by atoms with van der Waals surface area (Å²) < 4.78 is 10.7. The third-order valence-electron chi connectivity index (χ3n) is 4.67. The standard InChI is InChI=1S/C19H28N2O4.ClH/c1-3-13(2)15(20)12-25-17(11-14-7-5-4-6-8-14)18(22)21-16-9-10-24-19(16)23;/h4-8,13,15-17H,3,9-12,20H2,1-2H3,(H,21,22);1H/t13-,15?,16-,17?;/m0./s1. The van der Waals surface area contributed by atoms with Crippen molar-refractivity contribution in [3.05, 3.63) is 35.9 Å². The minimum absolute atomic E-state index is 0. The molecule has 4 atom stereocenters. The van der Waals surface area contributed by atoms with Crippen LogP contribution in [0.3, 0.4) is 0 Å². The summed E-state index contributed by atoms with van der Waals surface area (Å²) in [5.41, 5.74) is 7.12. The lowest BCUT2D eigenvalue weighted by Gasteiger charge is -2.23. The van der Waals surface area contributed by atoms with Gasteiger partial charge < -0.3 is 20.5 Å². The fourth-order valence-corrected chi connectivity index (χ4v) is 2.64. The SMILES string of the molecule is CC[C@H](C)C(N)COC(Cc1ccccc1)C(=O)N[C@H]1CCOC1=O.Cl. The molecule has 0 aliphatic carbocycles. The second-order valence-electron chi connectivity index (χ2n) is 6.58. The lowest BCUT2D eigenvalue weighted by atomic mass is 10.0. The van der Waals surface area contributed by atoms with E-state index >= 15 is 0 Å². The van der Waals surface area contributed by atoms with Gasteiger partial charge in [-0.15, -0.1) is 12.4 Å². The summed E-state index contributed by atoms with van der Waals surface area (Å²) in [5, 5.41) is 2.74. The number of hydrogen-bond acceptors (Lipinski definition) is 5. The zero-order chi connectivity index (χ0) is 18.2. The molecular formula is C19H29ClN2O4. The number of carbonyl (C=O) groups excluding carboxylic acids is 2. The molecule has 2 unspecified atom stereocenters. The lowest BCUT2D eigenvalue weighted by molar-refractivity contribution is -0.143. The highest BCUT2D eigenvalue weighted by atomic mass is 35.5. The number of rotatable bonds is 9. The maximum Gasteiger partial charge on any atom is 0.328 e. The zero-order valence-corrected chi connectivity index (χ0v) is 16.2. The summed E-state index contributed by atoms with van der Waals surface area (Å²) in [6.07, 6.45) is 1.19. The molecule has 0 spiro atoms. The van der Waals surface area contributed by atoms with Gasteiger partial charge in [0.05, 0.1) is 13.2 Å². The number of ether oxygens (including phenoxy) is 2. The van der Waals surface area contributed by atoms with Crippen LogP contribution in [0.15, 0.2) is 30.3 Å². The number of nitrogens with two attached hydrogens (primary N) is 1. The van der Waals surface area contributed by atoms with Gasteiger partial charge in [0.15, 0.2) is 0 Å². The van der Waals surface area contributed by atoms with E-state index in [1.54, 1.807) is 0 Å². The number of amides is 1. The van der Waals surface area contributed by atoms with Gasteiger partial charge in [-0.1, -0.05) is 50.6 Å². The van der Waals surface area contributed by atoms with Gasteiger partial charge in [0.2, 0.25) is 5.91 Å². The molecule has 6 nitrogen and oxygen atoms in total. The monoisotopic (exact) mass is 384 g/mol. The Morgan fingerprint density at radius 3 is 2.65 bits per heavy atom. The first-order chi connectivity index (χ1) is 12.0. The smallest absolute Gasteiger partial charge is 0.328 e. The normalized spacial score (nSPS) is 19.8. The lowest BCUT2D eigenvalue weighted by Crippen LogP contribution is -2.46. The molecule has 1 heterocycles. The number of halogens is 1. The molecule has 3 N–H and O–H groups in total. The van der Waals surface area contributed by atoms with Gasteiger partial charge in [0, 0.05) is 18.9 Å². The number of hydrogen-bond donors (Lipinski definition) is 2. The second-order valence-corrected chi connectivity index (χ2v) is 6.58. The Labute approximate surface area is 161 Å². The first-order valence-corrected chi connectivity index (χ1v) is 8.89. The van der Waals surface area contributed by atoms with Crippen molar-refractivity contribution in [2.75, 3.05) is 13.2 Å². The predicted molar refractivity (Wildman–Crippen MR) is 102 cm³/mol. The first kappa shape index (κ1) is 22.4. The minimum atomic E-state index is -0.689. The van der Waals surface area contributed by atoms with Crippen LogP contribution < -0.4 is 11.1 Å². The summed E-state index contributed by atoms with van der Waals surface area (Å²) >= 11 is 0. The molecule has 1 aliphatic rings. The third-order valence-corrected chi connectivity index (χ3v) is 4.67. The number of carbonyl (C=O) groups is 2. The van der Waals surface area contributed by atoms with Gasteiger partial charge in [-0.25, -0.2) is 4.79 Å². The van der Waals surface area contributed by atoms with Crippen LogP contribution in [0.1, 0.15) is 32.3 Å². The van der Waals surface area contributed by atoms with Crippen molar-refractivity contribution in [3.8, 4) is 0 Å². The summed E-state index contributed by atoms with van der Waals surface area (Å²) in [5.74, 6) is -0.377. The second kappa shape index (κ2) is 11.2. The van der Waals surface area contributed by atoms with Gasteiger partial charge in [0.1, 0.15) is 12.1 Å². The highest BCUT2D eigenvalue weighted by molar-refractivity contribution is 5.87. The van der Waals surface area contributed by atoms with Crippen molar-refractivity contribution in [1.29, 1.82) is 0 Å². The van der Waals surface area contributed by atoms with E-state index in [1.807, 2.05) is 30.3 Å². The van der Waals surface area contributed by atoms with Crippen LogP contribution in [0, 0.1) is 5.92 Å². The molecule has 1 amide bonds. The van der Waals surface area contributed by atoms with Gasteiger partial charge in [0.25, 0.3) is 0 Å². The molecule has 146 valence electrons. The fraction of sp³-hybridized carbons (Fsp3) is 0.579. The maximum atomic E-state index is 12.6. The highest BCUT2D eigenvalue weighted by Gasteiger charge is 2.31. The average Bonchev–Trinajstić information content (AvgIpc) is 3.03. The first-order valence-electron chi connectivity index (χ1n) is 8.89. The third kappa shape index (κ3) is 6.59. The largest absolute Gasteiger partial charge is 0.464 e. The van der Waals surface area contributed by atoms with E-state index in [0.717, 1.165) is 12.0 Å². The molecule has 0 aromatic heterocycles. The molecule has 0 bridgehead atoms. The summed E-state index contributed by atoms with van der Waals surface area (Å²) in [6.45, 7) is 4.78. The molecule has 0 radical (unpaired) electrons. The Kier molecular flexibility index (Phi) is 9.62. The van der Waals surface area contributed by atoms with Gasteiger partial charge in [-0.2, -0.15) is 0 Å². The highest BCUT2D eigenvalue weighted by Crippen LogP contribution is 2.12. The summed E-state index contributed by atoms with van der Waals surface area (Å²) in [6, 6.07) is 8.94. The minimum Gasteiger partial charge on any atom is -0.464 e. The zero-order valence-electron chi connectivity index (χ0n) is 15.4. The van der Waals surface area contributed by atoms with Crippen LogP contribution in [-0.4, -0.2) is 43.3 Å². The van der Waals surface area contributed by atoms with Crippen LogP contribution in [0.25, 0.3) is 0 Å². The van der Waals surface area contributed by atoms with Gasteiger partial charge >= 0.3 is 5.97 Å².